The minimum atomic E-state index is -1.47. The largest absolute Gasteiger partial charge is 0.481 e. The van der Waals surface area contributed by atoms with Crippen LogP contribution in [0, 0.1) is 5.92 Å². The van der Waals surface area contributed by atoms with Crippen molar-refractivity contribution in [3.63, 3.8) is 0 Å². The average molecular weight is 380 g/mol. The molecule has 148 valence electrons. The first kappa shape index (κ1) is 20.9. The molecule has 8 nitrogen and oxygen atoms in total. The molecule has 1 aliphatic carbocycles. The Balaban J connectivity index is 0.000000194. The molecule has 8 heteroatoms. The molecule has 3 rings (SSSR count). The van der Waals surface area contributed by atoms with Gasteiger partial charge in [-0.05, 0) is 18.4 Å². The minimum Gasteiger partial charge on any atom is -0.481 e. The molecule has 1 atom stereocenters. The van der Waals surface area contributed by atoms with Crippen molar-refractivity contribution in [2.24, 2.45) is 5.92 Å². The van der Waals surface area contributed by atoms with E-state index in [-0.39, 0.29) is 17.9 Å². The SMILES string of the molecule is O=C(O)C(C(=O)O)c1ccccc1.O=C(O)CC1CCCCC12OCCO2. The highest BCUT2D eigenvalue weighted by atomic mass is 16.7. The van der Waals surface area contributed by atoms with Crippen LogP contribution in [0.1, 0.15) is 43.6 Å². The van der Waals surface area contributed by atoms with Crippen LogP contribution in [-0.4, -0.2) is 52.2 Å². The number of carbonyl (C=O) groups is 3. The fourth-order valence-electron chi connectivity index (χ4n) is 3.54. The van der Waals surface area contributed by atoms with E-state index in [1.54, 1.807) is 18.2 Å². The third-order valence-corrected chi connectivity index (χ3v) is 4.77. The summed E-state index contributed by atoms with van der Waals surface area (Å²) in [4.78, 5) is 31.8. The molecular formula is C19H24O8. The summed E-state index contributed by atoms with van der Waals surface area (Å²) in [6.45, 7) is 1.21. The number of carboxylic acid groups (broad SMARTS) is 3. The molecule has 2 fully saturated rings. The van der Waals surface area contributed by atoms with E-state index in [9.17, 15) is 14.4 Å². The summed E-state index contributed by atoms with van der Waals surface area (Å²) in [5.41, 5.74) is 0.280. The molecule has 1 spiro atoms. The van der Waals surface area contributed by atoms with Crippen LogP contribution in [0.25, 0.3) is 0 Å². The zero-order chi connectivity index (χ0) is 19.9. The van der Waals surface area contributed by atoms with E-state index in [0.717, 1.165) is 25.7 Å². The Bertz CT molecular complexity index is 637. The van der Waals surface area contributed by atoms with E-state index in [4.69, 9.17) is 24.8 Å². The molecule has 0 amide bonds. The van der Waals surface area contributed by atoms with Gasteiger partial charge in [-0.3, -0.25) is 14.4 Å². The van der Waals surface area contributed by atoms with Crippen LogP contribution in [0.3, 0.4) is 0 Å². The zero-order valence-electron chi connectivity index (χ0n) is 14.9. The van der Waals surface area contributed by atoms with Crippen LogP contribution in [0.5, 0.6) is 0 Å². The summed E-state index contributed by atoms with van der Waals surface area (Å²) in [5, 5.41) is 26.0. The molecule has 0 aromatic heterocycles. The molecule has 1 unspecified atom stereocenters. The summed E-state index contributed by atoms with van der Waals surface area (Å²) in [6, 6.07) is 7.87. The summed E-state index contributed by atoms with van der Waals surface area (Å²) in [6.07, 6.45) is 4.10. The molecule has 1 aromatic rings. The molecule has 0 radical (unpaired) electrons. The topological polar surface area (TPSA) is 130 Å². The zero-order valence-corrected chi connectivity index (χ0v) is 14.9. The van der Waals surface area contributed by atoms with E-state index < -0.39 is 29.6 Å². The lowest BCUT2D eigenvalue weighted by molar-refractivity contribution is -0.215. The Hall–Kier alpha value is -2.45. The highest BCUT2D eigenvalue weighted by Gasteiger charge is 2.46. The molecule has 1 saturated heterocycles. The molecule has 27 heavy (non-hydrogen) atoms. The summed E-state index contributed by atoms with van der Waals surface area (Å²) in [7, 11) is 0. The summed E-state index contributed by atoms with van der Waals surface area (Å²) >= 11 is 0. The van der Waals surface area contributed by atoms with Gasteiger partial charge in [0, 0.05) is 12.3 Å². The number of hydrogen-bond acceptors (Lipinski definition) is 5. The Labute approximate surface area is 156 Å². The van der Waals surface area contributed by atoms with Crippen molar-refractivity contribution in [1.29, 1.82) is 0 Å². The van der Waals surface area contributed by atoms with E-state index in [0.29, 0.717) is 13.2 Å². The van der Waals surface area contributed by atoms with Crippen molar-refractivity contribution in [2.45, 2.75) is 43.8 Å². The van der Waals surface area contributed by atoms with Crippen molar-refractivity contribution in [1.82, 2.24) is 0 Å². The van der Waals surface area contributed by atoms with E-state index >= 15 is 0 Å². The summed E-state index contributed by atoms with van der Waals surface area (Å²) < 4.78 is 11.2. The van der Waals surface area contributed by atoms with Crippen LogP contribution >= 0.6 is 0 Å². The maximum Gasteiger partial charge on any atom is 0.322 e. The van der Waals surface area contributed by atoms with Crippen molar-refractivity contribution in [3.05, 3.63) is 35.9 Å². The molecule has 1 heterocycles. The quantitative estimate of drug-likeness (QED) is 0.664. The normalized spacial score (nSPS) is 20.7. The Morgan fingerprint density at radius 2 is 1.59 bits per heavy atom. The number of benzene rings is 1. The smallest absolute Gasteiger partial charge is 0.322 e. The molecule has 1 aliphatic heterocycles. The van der Waals surface area contributed by atoms with Gasteiger partial charge < -0.3 is 24.8 Å². The first-order valence-corrected chi connectivity index (χ1v) is 8.86. The van der Waals surface area contributed by atoms with Gasteiger partial charge in [0.2, 0.25) is 0 Å². The highest BCUT2D eigenvalue weighted by molar-refractivity contribution is 5.98. The van der Waals surface area contributed by atoms with Gasteiger partial charge in [0.1, 0.15) is 0 Å². The lowest BCUT2D eigenvalue weighted by Gasteiger charge is -2.38. The molecule has 2 aliphatic rings. The van der Waals surface area contributed by atoms with Crippen LogP contribution < -0.4 is 0 Å². The highest BCUT2D eigenvalue weighted by Crippen LogP contribution is 2.41. The summed E-state index contributed by atoms with van der Waals surface area (Å²) in [5.74, 6) is -5.44. The number of carboxylic acids is 3. The lowest BCUT2D eigenvalue weighted by atomic mass is 9.81. The van der Waals surface area contributed by atoms with Crippen molar-refractivity contribution >= 4 is 17.9 Å². The number of ether oxygens (including phenoxy) is 2. The first-order valence-electron chi connectivity index (χ1n) is 8.86. The Morgan fingerprint density at radius 3 is 2.11 bits per heavy atom. The average Bonchev–Trinajstić information content (AvgIpc) is 3.07. The van der Waals surface area contributed by atoms with Crippen LogP contribution in [0.15, 0.2) is 30.3 Å². The fourth-order valence-corrected chi connectivity index (χ4v) is 3.54. The molecule has 3 N–H and O–H groups in total. The van der Waals surface area contributed by atoms with E-state index in [1.165, 1.54) is 12.1 Å². The van der Waals surface area contributed by atoms with Crippen molar-refractivity contribution in [2.75, 3.05) is 13.2 Å². The van der Waals surface area contributed by atoms with Gasteiger partial charge in [0.25, 0.3) is 0 Å². The monoisotopic (exact) mass is 380 g/mol. The van der Waals surface area contributed by atoms with E-state index in [1.807, 2.05) is 0 Å². The third kappa shape index (κ3) is 5.51. The third-order valence-electron chi connectivity index (χ3n) is 4.77. The number of hydrogen-bond donors (Lipinski definition) is 3. The van der Waals surface area contributed by atoms with Crippen molar-refractivity contribution in [3.8, 4) is 0 Å². The van der Waals surface area contributed by atoms with Gasteiger partial charge in [-0.1, -0.05) is 36.8 Å². The lowest BCUT2D eigenvalue weighted by Crippen LogP contribution is -2.42. The van der Waals surface area contributed by atoms with Gasteiger partial charge in [-0.15, -0.1) is 0 Å². The van der Waals surface area contributed by atoms with E-state index in [2.05, 4.69) is 0 Å². The van der Waals surface area contributed by atoms with Crippen LogP contribution in [-0.2, 0) is 23.9 Å². The van der Waals surface area contributed by atoms with Gasteiger partial charge >= 0.3 is 17.9 Å². The second-order valence-electron chi connectivity index (χ2n) is 6.57. The van der Waals surface area contributed by atoms with Gasteiger partial charge in [-0.2, -0.15) is 0 Å². The Kier molecular flexibility index (Phi) is 7.32. The van der Waals surface area contributed by atoms with Crippen LogP contribution in [0.4, 0.5) is 0 Å². The standard InChI is InChI=1S/C10H16O4.C9H8O4/c11-9(12)7-8-3-1-2-4-10(8)13-5-6-14-10;10-8(11)7(9(12)13)6-4-2-1-3-5-6/h8H,1-7H2,(H,11,12);1-5,7H,(H,10,11)(H,12,13). The molecule has 0 bridgehead atoms. The predicted octanol–water partition coefficient (Wildman–Crippen LogP) is 2.33. The second-order valence-corrected chi connectivity index (χ2v) is 6.57. The predicted molar refractivity (Wildman–Crippen MR) is 93.3 cm³/mol. The number of aliphatic carboxylic acids is 3. The second kappa shape index (κ2) is 9.48. The maximum absolute atomic E-state index is 10.7. The molecular weight excluding hydrogens is 356 g/mol. The van der Waals surface area contributed by atoms with Crippen LogP contribution in [0.2, 0.25) is 0 Å². The fraction of sp³-hybridized carbons (Fsp3) is 0.526. The number of rotatable bonds is 5. The molecule has 1 aromatic carbocycles. The maximum atomic E-state index is 10.7. The minimum absolute atomic E-state index is 0.0382. The first-order chi connectivity index (χ1) is 12.9. The van der Waals surface area contributed by atoms with Gasteiger partial charge in [0.05, 0.1) is 19.6 Å². The Morgan fingerprint density at radius 1 is 1.00 bits per heavy atom. The van der Waals surface area contributed by atoms with Gasteiger partial charge in [-0.25, -0.2) is 0 Å². The van der Waals surface area contributed by atoms with Gasteiger partial charge in [0.15, 0.2) is 11.7 Å². The van der Waals surface area contributed by atoms with Crippen molar-refractivity contribution < 1.29 is 39.2 Å². The molecule has 1 saturated carbocycles.